The Morgan fingerprint density at radius 2 is 0.489 bits per heavy atom. The molecule has 12 rings (SSSR count). The molecule has 34 heteroatoms. The zero-order valence-corrected chi connectivity index (χ0v) is 87.3. The topological polar surface area (TPSA) is 269 Å². The van der Waals surface area contributed by atoms with Crippen LogP contribution in [0.15, 0.2) is 193 Å². The molecule has 726 valence electrons. The number of methoxy groups -OCH3 is 6. The molecule has 0 bridgehead atoms. The second-order valence-electron chi connectivity index (χ2n) is 29.8. The molecule has 0 aliphatic carbocycles. The predicted molar refractivity (Wildman–Crippen MR) is 539 cm³/mol. The molecule has 0 N–H and O–H groups in total. The number of aryl methyl sites for hydroxylation is 13. The highest BCUT2D eigenvalue weighted by atomic mass is 127. The SMILES string of the molecule is COC(=O)Oc1cccc(Br)c1COc1cc(C)c(C)cc1Cl.COC(=O)Oc1cccc(C)c1COc1cc(C)c(C)cc1Cl.COC(=O)Oc1cccc(Cl)c1COc1cc(C)c(C)cc1Cl.COC(=O)Oc1cccc(F)c1COc1cc(C)c(C)cc1Cl.COC(=O)Oc1cccc(I)c1COc1cc(C)c(C)cc1Cl.COC(=O)Oc1ccccc1COc1cc(C)c(C)cc1Cl. The van der Waals surface area contributed by atoms with Crippen LogP contribution in [0.2, 0.25) is 35.2 Å². The molecule has 137 heavy (non-hydrogen) atoms. The van der Waals surface area contributed by atoms with E-state index in [4.69, 9.17) is 138 Å². The van der Waals surface area contributed by atoms with E-state index in [2.05, 4.69) is 66.9 Å². The average Bonchev–Trinajstić information content (AvgIpc) is 0.837. The predicted octanol–water partition coefficient (Wildman–Crippen LogP) is 30.6. The third kappa shape index (κ3) is 34.7. The number of ether oxygens (including phenoxy) is 18. The first-order chi connectivity index (χ1) is 65.1. The van der Waals surface area contributed by atoms with E-state index in [9.17, 15) is 33.2 Å². The first-order valence-corrected chi connectivity index (χ1v) is 45.8. The van der Waals surface area contributed by atoms with Crippen molar-refractivity contribution in [3.63, 3.8) is 0 Å². The van der Waals surface area contributed by atoms with Crippen molar-refractivity contribution in [2.75, 3.05) is 42.7 Å². The number of hydrogen-bond acceptors (Lipinski definition) is 24. The van der Waals surface area contributed by atoms with Gasteiger partial charge in [0.05, 0.1) is 88.9 Å². The fraction of sp³-hybridized carbons (Fsp3) is 0.243. The molecule has 0 saturated heterocycles. The van der Waals surface area contributed by atoms with Gasteiger partial charge in [0.25, 0.3) is 0 Å². The Morgan fingerprint density at radius 1 is 0.248 bits per heavy atom. The monoisotopic (exact) mass is 2190 g/mol. The van der Waals surface area contributed by atoms with E-state index in [-0.39, 0.29) is 56.7 Å². The lowest BCUT2D eigenvalue weighted by Gasteiger charge is -2.15. The molecule has 0 atom stereocenters. The van der Waals surface area contributed by atoms with Gasteiger partial charge in [-0.25, -0.2) is 33.2 Å². The third-order valence-electron chi connectivity index (χ3n) is 20.3. The van der Waals surface area contributed by atoms with Crippen molar-refractivity contribution >= 4 is 157 Å². The molecule has 12 aromatic carbocycles. The van der Waals surface area contributed by atoms with Crippen molar-refractivity contribution in [3.05, 3.63) is 343 Å². The maximum atomic E-state index is 14.0. The summed E-state index contributed by atoms with van der Waals surface area (Å²) >= 11 is 48.9. The number of hydrogen-bond donors (Lipinski definition) is 0. The highest BCUT2D eigenvalue weighted by Gasteiger charge is 2.23. The molecule has 0 heterocycles. The number of carbonyl (C=O) groups excluding carboxylic acids is 6. The smallest absolute Gasteiger partial charge is 0.487 e. The summed E-state index contributed by atoms with van der Waals surface area (Å²) in [6, 6.07) is 54.6. The van der Waals surface area contributed by atoms with Crippen LogP contribution < -0.4 is 56.8 Å². The highest BCUT2D eigenvalue weighted by Crippen LogP contribution is 2.40. The fourth-order valence-electron chi connectivity index (χ4n) is 11.7. The molecule has 0 spiro atoms. The van der Waals surface area contributed by atoms with Crippen LogP contribution in [-0.2, 0) is 68.1 Å². The Kier molecular flexibility index (Phi) is 45.5. The molecule has 0 aliphatic rings. The maximum Gasteiger partial charge on any atom is 0.513 e. The summed E-state index contributed by atoms with van der Waals surface area (Å²) in [4.78, 5) is 67.8. The summed E-state index contributed by atoms with van der Waals surface area (Å²) in [6.45, 7) is 26.5. The van der Waals surface area contributed by atoms with E-state index in [1.54, 1.807) is 78.9 Å². The second-order valence-corrected chi connectivity index (χ2v) is 34.7. The molecule has 0 amide bonds. The summed E-state index contributed by atoms with van der Waals surface area (Å²) in [5.74, 6) is 4.70. The maximum absolute atomic E-state index is 14.0. The normalized spacial score (nSPS) is 10.3. The Morgan fingerprint density at radius 3 is 0.847 bits per heavy atom. The summed E-state index contributed by atoms with van der Waals surface area (Å²) in [5.41, 5.74) is 17.5. The van der Waals surface area contributed by atoms with E-state index in [0.717, 1.165) is 97.1 Å². The van der Waals surface area contributed by atoms with Crippen molar-refractivity contribution in [3.8, 4) is 69.0 Å². The van der Waals surface area contributed by atoms with E-state index < -0.39 is 42.7 Å². The lowest BCUT2D eigenvalue weighted by Crippen LogP contribution is -2.11. The van der Waals surface area contributed by atoms with Crippen LogP contribution in [0.5, 0.6) is 69.0 Å². The first-order valence-electron chi connectivity index (χ1n) is 41.3. The quantitative estimate of drug-likeness (QED) is 0.0235. The first kappa shape index (κ1) is 112. The second kappa shape index (κ2) is 55.6. The van der Waals surface area contributed by atoms with Gasteiger partial charge in [-0.15, -0.1) is 0 Å². The number of carbonyl (C=O) groups is 6. The van der Waals surface area contributed by atoms with Crippen molar-refractivity contribution in [1.29, 1.82) is 0 Å². The molecule has 0 unspecified atom stereocenters. The van der Waals surface area contributed by atoms with Crippen LogP contribution in [0.1, 0.15) is 106 Å². The number of rotatable bonds is 24. The number of halogens is 10. The third-order valence-corrected chi connectivity index (χ3v) is 24.2. The van der Waals surface area contributed by atoms with Gasteiger partial charge in [-0.1, -0.05) is 152 Å². The molecule has 0 aromatic heterocycles. The summed E-state index contributed by atoms with van der Waals surface area (Å²) in [7, 11) is 7.45. The summed E-state index contributed by atoms with van der Waals surface area (Å²) in [6.07, 6.45) is -4.83. The van der Waals surface area contributed by atoms with Gasteiger partial charge in [-0.3, -0.25) is 0 Å². The lowest BCUT2D eigenvalue weighted by atomic mass is 10.1. The summed E-state index contributed by atoms with van der Waals surface area (Å²) < 4.78 is 108. The van der Waals surface area contributed by atoms with Gasteiger partial charge < -0.3 is 85.3 Å². The standard InChI is InChI=1S/C18H19ClO4.C17H16BrClO4.C17H16Cl2O4.C17H16ClFO4.C17H16ClIO4.C17H17ClO4/c1-11-6-5-7-16(23-18(20)21-4)14(11)10-22-17-9-13(3)12(2)8-15(17)19;2*1-10-7-14(19)16(8-11(10)2)22-9-12-13(18)5-4-6-15(12)23-17(20)21-3;2*1-10-7-13(18)16(8-11(10)2)22-9-12-14(19)5-4-6-15(12)23-17(20)21-3;1-11-8-14(18)16(9-12(11)2)21-10-13-6-4-5-7-15(13)22-17(19)20-3/h5-9H,10H2,1-4H3;4*4-8H,9H2,1-3H3;4-9H,10H2,1-3H3. The van der Waals surface area contributed by atoms with Crippen LogP contribution in [0.25, 0.3) is 0 Å². The molecule has 0 saturated carbocycles. The van der Waals surface area contributed by atoms with Crippen molar-refractivity contribution in [2.24, 2.45) is 0 Å². The number of para-hydroxylation sites is 1. The Hall–Kier alpha value is -11.8. The van der Waals surface area contributed by atoms with Crippen molar-refractivity contribution < 1.29 is 118 Å². The Labute approximate surface area is 852 Å². The minimum absolute atomic E-state index is 0.0387. The van der Waals surface area contributed by atoms with Crippen LogP contribution >= 0.6 is 120 Å². The Bertz CT molecular complexity index is 5530. The summed E-state index contributed by atoms with van der Waals surface area (Å²) in [5, 5.41) is 3.55. The van der Waals surface area contributed by atoms with Gasteiger partial charge in [-0.2, -0.15) is 0 Å². The van der Waals surface area contributed by atoms with Crippen LogP contribution in [0.3, 0.4) is 0 Å². The van der Waals surface area contributed by atoms with Gasteiger partial charge in [0, 0.05) is 30.3 Å². The molecule has 0 fully saturated rings. The van der Waals surface area contributed by atoms with Crippen molar-refractivity contribution in [2.45, 2.75) is 130 Å². The molecule has 24 nitrogen and oxygen atoms in total. The minimum Gasteiger partial charge on any atom is -0.487 e. The van der Waals surface area contributed by atoms with Crippen LogP contribution in [0.4, 0.5) is 33.2 Å². The molecule has 0 aliphatic heterocycles. The lowest BCUT2D eigenvalue weighted by molar-refractivity contribution is 0.119. The van der Waals surface area contributed by atoms with Crippen molar-refractivity contribution in [1.82, 2.24) is 0 Å². The van der Waals surface area contributed by atoms with E-state index in [1.165, 1.54) is 60.9 Å². The zero-order valence-electron chi connectivity index (χ0n) is 78.2. The van der Waals surface area contributed by atoms with Gasteiger partial charge in [0.1, 0.15) is 114 Å². The van der Waals surface area contributed by atoms with Crippen LogP contribution in [-0.4, -0.2) is 79.6 Å². The molecular weight excluding hydrogens is 2100 g/mol. The van der Waals surface area contributed by atoms with Gasteiger partial charge in [-0.05, 0) is 318 Å². The van der Waals surface area contributed by atoms with E-state index in [0.29, 0.717) is 104 Å². The van der Waals surface area contributed by atoms with Gasteiger partial charge in [0.2, 0.25) is 0 Å². The van der Waals surface area contributed by atoms with Crippen LogP contribution in [0, 0.1) is 99.4 Å². The van der Waals surface area contributed by atoms with E-state index in [1.807, 2.05) is 181 Å². The average molecular weight is 2200 g/mol. The minimum atomic E-state index is -0.930. The molecule has 12 aromatic rings. The number of benzene rings is 12. The van der Waals surface area contributed by atoms with Gasteiger partial charge in [0.15, 0.2) is 0 Å². The molecule has 0 radical (unpaired) electrons. The Balaban J connectivity index is 0.000000224. The highest BCUT2D eigenvalue weighted by molar-refractivity contribution is 14.1. The largest absolute Gasteiger partial charge is 0.513 e. The van der Waals surface area contributed by atoms with Gasteiger partial charge >= 0.3 is 36.9 Å². The molecular formula is C103H100BrCl7FIO24. The zero-order chi connectivity index (χ0) is 101. The van der Waals surface area contributed by atoms with E-state index >= 15 is 0 Å². The fourth-order valence-corrected chi connectivity index (χ4v) is 14.6.